The average Bonchev–Trinajstić information content (AvgIpc) is 3.74. The number of carboxylic acid groups (broad SMARTS) is 1. The van der Waals surface area contributed by atoms with Gasteiger partial charge in [0.1, 0.15) is 6.04 Å². The van der Waals surface area contributed by atoms with E-state index in [0.29, 0.717) is 22.7 Å². The maximum atomic E-state index is 12.8. The lowest BCUT2D eigenvalue weighted by Gasteiger charge is -2.19. The van der Waals surface area contributed by atoms with Gasteiger partial charge in [0.15, 0.2) is 6.61 Å². The summed E-state index contributed by atoms with van der Waals surface area (Å²) in [5, 5.41) is 20.5. The first-order valence-electron chi connectivity index (χ1n) is 13.5. The van der Waals surface area contributed by atoms with Crippen molar-refractivity contribution in [3.05, 3.63) is 64.7 Å². The molecule has 0 saturated heterocycles. The Morgan fingerprint density at radius 1 is 1.02 bits per heavy atom. The number of nitrogens with one attached hydrogen (secondary N) is 4. The van der Waals surface area contributed by atoms with Crippen molar-refractivity contribution in [2.75, 3.05) is 23.8 Å². The minimum absolute atomic E-state index is 0.00854. The molecule has 3 aromatic rings. The number of ether oxygens (including phenoxy) is 1. The molecule has 1 unspecified atom stereocenters. The third-order valence-corrected chi connectivity index (χ3v) is 6.75. The van der Waals surface area contributed by atoms with Crippen LogP contribution in [0.5, 0.6) is 6.01 Å². The van der Waals surface area contributed by atoms with Crippen LogP contribution in [-0.4, -0.2) is 63.2 Å². The summed E-state index contributed by atoms with van der Waals surface area (Å²) in [6, 6.07) is 11.8. The van der Waals surface area contributed by atoms with Gasteiger partial charge in [-0.25, -0.2) is 0 Å². The molecule has 1 aliphatic carbocycles. The van der Waals surface area contributed by atoms with E-state index in [1.165, 1.54) is 19.1 Å². The number of aromatic nitrogens is 3. The lowest BCUT2D eigenvalue weighted by atomic mass is 10.1. The molecule has 1 aliphatic rings. The maximum Gasteiger partial charge on any atom is 0.422 e. The van der Waals surface area contributed by atoms with Gasteiger partial charge in [-0.3, -0.25) is 14.4 Å². The average molecular weight is 636 g/mol. The molecule has 2 aromatic carbocycles. The highest BCUT2D eigenvalue weighted by atomic mass is 35.5. The fraction of sp³-hybridized carbons (Fsp3) is 0.357. The lowest BCUT2D eigenvalue weighted by Crippen LogP contribution is -2.38. The summed E-state index contributed by atoms with van der Waals surface area (Å²) < 4.78 is 43.3. The highest BCUT2D eigenvalue weighted by Gasteiger charge is 2.45. The van der Waals surface area contributed by atoms with E-state index in [4.69, 9.17) is 21.4 Å². The zero-order valence-electron chi connectivity index (χ0n) is 23.4. The number of carbonyl (C=O) groups is 3. The molecular weight excluding hydrogens is 607 g/mol. The van der Waals surface area contributed by atoms with E-state index in [0.717, 1.165) is 18.4 Å². The molecule has 234 valence electrons. The molecule has 0 aliphatic heterocycles. The second-order valence-electron chi connectivity index (χ2n) is 10.1. The monoisotopic (exact) mass is 635 g/mol. The van der Waals surface area contributed by atoms with Crippen molar-refractivity contribution in [3.8, 4) is 6.01 Å². The Hall–Kier alpha value is -4.66. The van der Waals surface area contributed by atoms with Gasteiger partial charge in [-0.15, -0.1) is 0 Å². The first kappa shape index (κ1) is 32.3. The summed E-state index contributed by atoms with van der Waals surface area (Å²) in [4.78, 5) is 47.3. The SMILES string of the molecule is CC(NC(=O)CCCNC(=O)c1ccc(Nc2nc(NC3(c4ccc(Cl)cc4)CC3)nc(OCC(F)(F)F)n2)cc1)C(=O)O. The molecule has 16 heteroatoms. The highest BCUT2D eigenvalue weighted by molar-refractivity contribution is 6.30. The molecule has 0 spiro atoms. The van der Waals surface area contributed by atoms with E-state index < -0.39 is 48.2 Å². The number of hydrogen-bond acceptors (Lipinski definition) is 9. The minimum Gasteiger partial charge on any atom is -0.480 e. The first-order chi connectivity index (χ1) is 20.8. The first-order valence-corrected chi connectivity index (χ1v) is 13.9. The molecule has 44 heavy (non-hydrogen) atoms. The van der Waals surface area contributed by atoms with Crippen LogP contribution in [0.2, 0.25) is 5.02 Å². The molecule has 1 aromatic heterocycles. The van der Waals surface area contributed by atoms with Crippen LogP contribution in [0.4, 0.5) is 30.8 Å². The molecule has 1 saturated carbocycles. The highest BCUT2D eigenvalue weighted by Crippen LogP contribution is 2.48. The number of carboxylic acids is 1. The van der Waals surface area contributed by atoms with Crippen LogP contribution in [0.3, 0.4) is 0 Å². The van der Waals surface area contributed by atoms with Gasteiger partial charge in [0, 0.05) is 29.2 Å². The molecule has 2 amide bonds. The Bertz CT molecular complexity index is 1490. The number of hydrogen-bond donors (Lipinski definition) is 5. The van der Waals surface area contributed by atoms with E-state index >= 15 is 0 Å². The normalized spacial score (nSPS) is 14.2. The van der Waals surface area contributed by atoms with E-state index in [-0.39, 0.29) is 24.9 Å². The van der Waals surface area contributed by atoms with Crippen molar-refractivity contribution in [1.29, 1.82) is 0 Å². The van der Waals surface area contributed by atoms with Crippen LogP contribution in [-0.2, 0) is 15.1 Å². The number of alkyl halides is 3. The topological polar surface area (TPSA) is 167 Å². The Morgan fingerprint density at radius 2 is 1.68 bits per heavy atom. The molecule has 5 N–H and O–H groups in total. The zero-order valence-corrected chi connectivity index (χ0v) is 24.1. The number of rotatable bonds is 14. The van der Waals surface area contributed by atoms with Gasteiger partial charge in [-0.1, -0.05) is 23.7 Å². The third-order valence-electron chi connectivity index (χ3n) is 6.50. The smallest absolute Gasteiger partial charge is 0.422 e. The van der Waals surface area contributed by atoms with Gasteiger partial charge in [-0.2, -0.15) is 28.1 Å². The quantitative estimate of drug-likeness (QED) is 0.160. The second-order valence-corrected chi connectivity index (χ2v) is 10.5. The van der Waals surface area contributed by atoms with E-state index in [2.05, 4.69) is 36.2 Å². The molecule has 12 nitrogen and oxygen atoms in total. The Labute approximate surface area is 254 Å². The molecular formula is C28H29ClF3N7O5. The molecule has 1 heterocycles. The number of halogens is 4. The predicted molar refractivity (Wildman–Crippen MR) is 154 cm³/mol. The van der Waals surface area contributed by atoms with Crippen LogP contribution in [0, 0.1) is 0 Å². The summed E-state index contributed by atoms with van der Waals surface area (Å²) in [5.74, 6) is -2.06. The van der Waals surface area contributed by atoms with Gasteiger partial charge in [0.05, 0.1) is 5.54 Å². The Kier molecular flexibility index (Phi) is 10.1. The summed E-state index contributed by atoms with van der Waals surface area (Å²) >= 11 is 6.00. The van der Waals surface area contributed by atoms with Crippen molar-refractivity contribution in [2.45, 2.75) is 50.4 Å². The molecule has 1 atom stereocenters. The van der Waals surface area contributed by atoms with Gasteiger partial charge < -0.3 is 31.1 Å². The van der Waals surface area contributed by atoms with Crippen molar-refractivity contribution in [2.24, 2.45) is 0 Å². The number of anilines is 3. The largest absolute Gasteiger partial charge is 0.480 e. The van der Waals surface area contributed by atoms with Crippen molar-refractivity contribution in [1.82, 2.24) is 25.6 Å². The molecule has 1 fully saturated rings. The molecule has 0 radical (unpaired) electrons. The van der Waals surface area contributed by atoms with Crippen molar-refractivity contribution >= 4 is 47.0 Å². The fourth-order valence-electron chi connectivity index (χ4n) is 4.04. The van der Waals surface area contributed by atoms with E-state index in [9.17, 15) is 27.6 Å². The Morgan fingerprint density at radius 3 is 2.30 bits per heavy atom. The van der Waals surface area contributed by atoms with E-state index in [1.807, 2.05) is 12.1 Å². The zero-order chi connectivity index (χ0) is 31.9. The van der Waals surface area contributed by atoms with Gasteiger partial charge >= 0.3 is 18.2 Å². The second kappa shape index (κ2) is 13.8. The van der Waals surface area contributed by atoms with Crippen LogP contribution in [0.15, 0.2) is 48.5 Å². The van der Waals surface area contributed by atoms with Crippen molar-refractivity contribution in [3.63, 3.8) is 0 Å². The number of nitrogens with zero attached hydrogens (tertiary/aromatic N) is 3. The Balaban J connectivity index is 1.38. The van der Waals surface area contributed by atoms with E-state index in [1.54, 1.807) is 24.3 Å². The summed E-state index contributed by atoms with van der Waals surface area (Å²) in [5.41, 5.74) is 1.15. The standard InChI is InChI=1S/C28H29ClF3N7O5/c1-16(23(42)43)34-21(40)3-2-14-33-22(41)17-4-10-20(11-5-17)35-24-36-25(38-26(37-24)44-15-28(30,31)32)39-27(12-13-27)18-6-8-19(29)9-7-18/h4-11,16H,2-3,12-15H2,1H3,(H,33,41)(H,34,40)(H,42,43)(H2,35,36,37,38,39). The minimum atomic E-state index is -4.60. The molecule has 0 bridgehead atoms. The number of amides is 2. The number of benzene rings is 2. The van der Waals surface area contributed by atoms with Crippen LogP contribution >= 0.6 is 11.6 Å². The number of aliphatic carboxylic acids is 1. The number of carbonyl (C=O) groups excluding carboxylic acids is 2. The van der Waals surface area contributed by atoms with Gasteiger partial charge in [0.25, 0.3) is 5.91 Å². The lowest BCUT2D eigenvalue weighted by molar-refractivity contribution is -0.154. The summed E-state index contributed by atoms with van der Waals surface area (Å²) in [6.07, 6.45) is -2.78. The fourth-order valence-corrected chi connectivity index (χ4v) is 4.16. The molecule has 4 rings (SSSR count). The maximum absolute atomic E-state index is 12.8. The van der Waals surface area contributed by atoms with Crippen LogP contribution in [0.25, 0.3) is 0 Å². The van der Waals surface area contributed by atoms with Crippen LogP contribution in [0.1, 0.15) is 48.5 Å². The third kappa shape index (κ3) is 9.42. The summed E-state index contributed by atoms with van der Waals surface area (Å²) in [7, 11) is 0. The van der Waals surface area contributed by atoms with Gasteiger partial charge in [0.2, 0.25) is 17.8 Å². The predicted octanol–water partition coefficient (Wildman–Crippen LogP) is 4.41. The summed E-state index contributed by atoms with van der Waals surface area (Å²) in [6.45, 7) is -0.0509. The van der Waals surface area contributed by atoms with Crippen molar-refractivity contribution < 1.29 is 37.4 Å². The van der Waals surface area contributed by atoms with Crippen LogP contribution < -0.4 is 26.0 Å². The van der Waals surface area contributed by atoms with Gasteiger partial charge in [-0.05, 0) is 68.1 Å².